The molecule has 0 aromatic heterocycles. The Balaban J connectivity index is 2.10. The smallest absolute Gasteiger partial charge is 0.0587 e. The predicted octanol–water partition coefficient (Wildman–Crippen LogP) is 3.84. The van der Waals surface area contributed by atoms with E-state index in [1.165, 1.54) is 36.9 Å². The summed E-state index contributed by atoms with van der Waals surface area (Å²) in [6.45, 7) is 5.75. The third-order valence-corrected chi connectivity index (χ3v) is 4.28. The van der Waals surface area contributed by atoms with Gasteiger partial charge in [-0.2, -0.15) is 0 Å². The van der Waals surface area contributed by atoms with Crippen molar-refractivity contribution in [3.8, 4) is 0 Å². The molecule has 0 atom stereocenters. The number of unbranched alkanes of at least 4 members (excludes halogenated alkanes) is 1. The van der Waals surface area contributed by atoms with Gasteiger partial charge in [0.2, 0.25) is 0 Å². The zero-order valence-electron chi connectivity index (χ0n) is 13.2. The fourth-order valence-electron chi connectivity index (χ4n) is 2.59. The molecule has 0 aliphatic heterocycles. The Labute approximate surface area is 133 Å². The average molecular weight is 311 g/mol. The van der Waals surface area contributed by atoms with Crippen molar-refractivity contribution in [2.45, 2.75) is 45.2 Å². The van der Waals surface area contributed by atoms with Crippen molar-refractivity contribution in [3.63, 3.8) is 0 Å². The summed E-state index contributed by atoms with van der Waals surface area (Å²) in [5.74, 6) is 0. The number of methoxy groups -OCH3 is 1. The second-order valence-electron chi connectivity index (χ2n) is 5.69. The van der Waals surface area contributed by atoms with E-state index >= 15 is 0 Å². The molecule has 1 saturated carbocycles. The van der Waals surface area contributed by atoms with Gasteiger partial charge in [0.25, 0.3) is 0 Å². The molecule has 0 spiro atoms. The van der Waals surface area contributed by atoms with Gasteiger partial charge in [-0.05, 0) is 31.4 Å². The van der Waals surface area contributed by atoms with Gasteiger partial charge in [-0.1, -0.05) is 31.0 Å². The molecule has 1 fully saturated rings. The van der Waals surface area contributed by atoms with E-state index in [0.29, 0.717) is 6.04 Å². The van der Waals surface area contributed by atoms with Crippen LogP contribution in [0.15, 0.2) is 18.2 Å². The molecule has 1 N–H and O–H groups in total. The Morgan fingerprint density at radius 3 is 2.86 bits per heavy atom. The van der Waals surface area contributed by atoms with Crippen LogP contribution in [0.4, 0.5) is 5.69 Å². The van der Waals surface area contributed by atoms with Crippen molar-refractivity contribution in [3.05, 3.63) is 28.8 Å². The molecule has 0 saturated heterocycles. The van der Waals surface area contributed by atoms with Crippen LogP contribution in [0.1, 0.15) is 38.2 Å². The minimum absolute atomic E-state index is 0.716. The summed E-state index contributed by atoms with van der Waals surface area (Å²) < 4.78 is 5.08. The second-order valence-corrected chi connectivity index (χ2v) is 6.09. The summed E-state index contributed by atoms with van der Waals surface area (Å²) in [7, 11) is 1.72. The molecule has 21 heavy (non-hydrogen) atoms. The number of hydrogen-bond acceptors (Lipinski definition) is 3. The van der Waals surface area contributed by atoms with Crippen LogP contribution < -0.4 is 10.2 Å². The molecule has 0 radical (unpaired) electrons. The van der Waals surface area contributed by atoms with E-state index in [0.717, 1.165) is 31.3 Å². The highest BCUT2D eigenvalue weighted by Crippen LogP contribution is 2.36. The van der Waals surface area contributed by atoms with Gasteiger partial charge in [0, 0.05) is 49.1 Å². The quantitative estimate of drug-likeness (QED) is 0.664. The van der Waals surface area contributed by atoms with E-state index < -0.39 is 0 Å². The zero-order valence-corrected chi connectivity index (χ0v) is 14.0. The van der Waals surface area contributed by atoms with Crippen LogP contribution in [0.3, 0.4) is 0 Å². The summed E-state index contributed by atoms with van der Waals surface area (Å²) in [6, 6.07) is 6.99. The third-order valence-electron chi connectivity index (χ3n) is 3.93. The molecule has 1 aliphatic carbocycles. The number of nitrogens with one attached hydrogen (secondary N) is 1. The Bertz CT molecular complexity index is 435. The van der Waals surface area contributed by atoms with Crippen LogP contribution in [0.5, 0.6) is 0 Å². The Kier molecular flexibility index (Phi) is 6.81. The maximum absolute atomic E-state index is 6.45. The molecule has 1 aromatic rings. The van der Waals surface area contributed by atoms with E-state index in [1.807, 2.05) is 6.07 Å². The monoisotopic (exact) mass is 310 g/mol. The standard InChI is InChI=1S/C17H27ClN2O/c1-3-4-11-20(14-8-9-14)17-7-5-6-16(18)15(17)13-19-10-12-21-2/h5-7,14,19H,3-4,8-13H2,1-2H3. The molecule has 1 aliphatic rings. The normalized spacial score (nSPS) is 14.4. The van der Waals surface area contributed by atoms with Gasteiger partial charge >= 0.3 is 0 Å². The van der Waals surface area contributed by atoms with Crippen molar-refractivity contribution in [1.82, 2.24) is 5.32 Å². The van der Waals surface area contributed by atoms with E-state index in [2.05, 4.69) is 29.3 Å². The number of nitrogens with zero attached hydrogens (tertiary/aromatic N) is 1. The first-order valence-electron chi connectivity index (χ1n) is 8.01. The fraction of sp³-hybridized carbons (Fsp3) is 0.647. The van der Waals surface area contributed by atoms with Gasteiger partial charge in [-0.15, -0.1) is 0 Å². The SMILES string of the molecule is CCCCN(c1cccc(Cl)c1CNCCOC)C1CC1. The van der Waals surface area contributed by atoms with Crippen LogP contribution in [-0.4, -0.2) is 32.8 Å². The highest BCUT2D eigenvalue weighted by Gasteiger charge is 2.30. The van der Waals surface area contributed by atoms with Crippen LogP contribution in [0, 0.1) is 0 Å². The topological polar surface area (TPSA) is 24.5 Å². The molecule has 0 heterocycles. The van der Waals surface area contributed by atoms with E-state index in [9.17, 15) is 0 Å². The highest BCUT2D eigenvalue weighted by molar-refractivity contribution is 6.31. The minimum Gasteiger partial charge on any atom is -0.383 e. The van der Waals surface area contributed by atoms with Crippen LogP contribution in [0.2, 0.25) is 5.02 Å². The molecule has 1 aromatic carbocycles. The predicted molar refractivity (Wildman–Crippen MR) is 90.3 cm³/mol. The van der Waals surface area contributed by atoms with Gasteiger partial charge in [-0.25, -0.2) is 0 Å². The average Bonchev–Trinajstić information content (AvgIpc) is 3.31. The van der Waals surface area contributed by atoms with Gasteiger partial charge in [0.15, 0.2) is 0 Å². The van der Waals surface area contributed by atoms with Gasteiger partial charge in [-0.3, -0.25) is 0 Å². The molecular formula is C17H27ClN2O. The van der Waals surface area contributed by atoms with Gasteiger partial charge in [0.1, 0.15) is 0 Å². The molecule has 0 bridgehead atoms. The number of rotatable bonds is 10. The molecule has 4 heteroatoms. The van der Waals surface area contributed by atoms with E-state index in [4.69, 9.17) is 16.3 Å². The molecule has 2 rings (SSSR count). The maximum Gasteiger partial charge on any atom is 0.0587 e. The third kappa shape index (κ3) is 4.87. The lowest BCUT2D eigenvalue weighted by atomic mass is 10.1. The lowest BCUT2D eigenvalue weighted by Gasteiger charge is -2.28. The number of ether oxygens (including phenoxy) is 1. The Morgan fingerprint density at radius 2 is 2.19 bits per heavy atom. The van der Waals surface area contributed by atoms with Crippen molar-refractivity contribution < 1.29 is 4.74 Å². The van der Waals surface area contributed by atoms with Crippen LogP contribution >= 0.6 is 11.6 Å². The largest absolute Gasteiger partial charge is 0.383 e. The fourth-order valence-corrected chi connectivity index (χ4v) is 2.83. The van der Waals surface area contributed by atoms with Gasteiger partial charge in [0.05, 0.1) is 6.61 Å². The molecule has 3 nitrogen and oxygen atoms in total. The van der Waals surface area contributed by atoms with E-state index in [-0.39, 0.29) is 0 Å². The van der Waals surface area contributed by atoms with Crippen LogP contribution in [-0.2, 0) is 11.3 Å². The Morgan fingerprint density at radius 1 is 1.38 bits per heavy atom. The number of hydrogen-bond donors (Lipinski definition) is 1. The van der Waals surface area contributed by atoms with Crippen molar-refractivity contribution >= 4 is 17.3 Å². The number of halogens is 1. The first kappa shape index (κ1) is 16.6. The van der Waals surface area contributed by atoms with Crippen molar-refractivity contribution in [2.24, 2.45) is 0 Å². The molecule has 0 amide bonds. The maximum atomic E-state index is 6.45. The summed E-state index contributed by atoms with van der Waals surface area (Å²) in [4.78, 5) is 2.56. The lowest BCUT2D eigenvalue weighted by molar-refractivity contribution is 0.199. The van der Waals surface area contributed by atoms with Crippen molar-refractivity contribution in [2.75, 3.05) is 31.7 Å². The van der Waals surface area contributed by atoms with Crippen LogP contribution in [0.25, 0.3) is 0 Å². The number of anilines is 1. The second kappa shape index (κ2) is 8.62. The first-order valence-corrected chi connectivity index (χ1v) is 8.39. The number of benzene rings is 1. The van der Waals surface area contributed by atoms with Crippen molar-refractivity contribution in [1.29, 1.82) is 0 Å². The highest BCUT2D eigenvalue weighted by atomic mass is 35.5. The van der Waals surface area contributed by atoms with Gasteiger partial charge < -0.3 is 15.0 Å². The molecule has 0 unspecified atom stereocenters. The summed E-state index contributed by atoms with van der Waals surface area (Å²) >= 11 is 6.45. The summed E-state index contributed by atoms with van der Waals surface area (Å²) in [5, 5.41) is 4.28. The molecular weight excluding hydrogens is 284 g/mol. The lowest BCUT2D eigenvalue weighted by Crippen LogP contribution is -2.29. The zero-order chi connectivity index (χ0) is 15.1. The Hall–Kier alpha value is -0.770. The first-order chi connectivity index (χ1) is 10.3. The summed E-state index contributed by atoms with van der Waals surface area (Å²) in [5.41, 5.74) is 2.53. The molecule has 118 valence electrons. The van der Waals surface area contributed by atoms with E-state index in [1.54, 1.807) is 7.11 Å². The summed E-state index contributed by atoms with van der Waals surface area (Å²) in [6.07, 6.45) is 5.09. The minimum atomic E-state index is 0.716.